The molecule has 2 saturated heterocycles. The average Bonchev–Trinajstić information content (AvgIpc) is 3.24. The zero-order valence-corrected chi connectivity index (χ0v) is 16.6. The van der Waals surface area contributed by atoms with Gasteiger partial charge >= 0.3 is 6.03 Å². The third kappa shape index (κ3) is 2.67. The molecule has 1 unspecified atom stereocenters. The van der Waals surface area contributed by atoms with Crippen molar-refractivity contribution < 1.29 is 14.4 Å². The number of anilines is 1. The number of benzene rings is 1. The van der Waals surface area contributed by atoms with Gasteiger partial charge in [-0.1, -0.05) is 32.0 Å². The van der Waals surface area contributed by atoms with Crippen molar-refractivity contribution in [2.24, 2.45) is 0 Å². The number of likely N-dealkylation sites (N-methyl/N-ethyl adjacent to an activating group) is 1. The third-order valence-electron chi connectivity index (χ3n) is 5.82. The second-order valence-electron chi connectivity index (χ2n) is 7.90. The highest BCUT2D eigenvalue weighted by molar-refractivity contribution is 7.99. The molecule has 1 N–H and O–H groups in total. The minimum absolute atomic E-state index is 0.221. The zero-order valence-electron chi connectivity index (χ0n) is 15.7. The van der Waals surface area contributed by atoms with Crippen LogP contribution >= 0.6 is 11.8 Å². The van der Waals surface area contributed by atoms with Crippen LogP contribution in [0.15, 0.2) is 36.0 Å². The Bertz CT molecular complexity index is 871. The van der Waals surface area contributed by atoms with Crippen LogP contribution in [0.1, 0.15) is 25.8 Å². The largest absolute Gasteiger partial charge is 0.347 e. The molecule has 1 spiro atoms. The Balaban J connectivity index is 1.56. The Hall–Kier alpha value is -2.28. The molecule has 1 aromatic carbocycles. The number of hydrogen-bond acceptors (Lipinski definition) is 5. The third-order valence-corrected chi connectivity index (χ3v) is 7.01. The van der Waals surface area contributed by atoms with Crippen LogP contribution in [0, 0.1) is 0 Å². The number of hydrogen-bond donors (Lipinski definition) is 1. The van der Waals surface area contributed by atoms with Crippen LogP contribution in [0.2, 0.25) is 0 Å². The summed E-state index contributed by atoms with van der Waals surface area (Å²) in [5.41, 5.74) is 1.96. The van der Waals surface area contributed by atoms with E-state index in [-0.39, 0.29) is 23.7 Å². The van der Waals surface area contributed by atoms with Crippen molar-refractivity contribution >= 4 is 35.2 Å². The number of allylic oxidation sites excluding steroid dienone is 1. The zero-order chi connectivity index (χ0) is 19.4. The summed E-state index contributed by atoms with van der Waals surface area (Å²) in [6.45, 7) is 3.93. The quantitative estimate of drug-likeness (QED) is 0.639. The van der Waals surface area contributed by atoms with Gasteiger partial charge in [0.25, 0.3) is 5.91 Å². The molecule has 3 heterocycles. The topological polar surface area (TPSA) is 69.7 Å². The van der Waals surface area contributed by atoms with Gasteiger partial charge < -0.3 is 10.2 Å². The van der Waals surface area contributed by atoms with E-state index in [0.717, 1.165) is 27.6 Å². The molecule has 6 nitrogen and oxygen atoms in total. The summed E-state index contributed by atoms with van der Waals surface area (Å²) in [5.74, 6) is 0.902. The molecule has 142 valence electrons. The predicted molar refractivity (Wildman–Crippen MR) is 106 cm³/mol. The van der Waals surface area contributed by atoms with Gasteiger partial charge in [0.15, 0.2) is 5.78 Å². The van der Waals surface area contributed by atoms with Gasteiger partial charge in [0.05, 0.1) is 6.54 Å². The summed E-state index contributed by atoms with van der Waals surface area (Å²) in [7, 11) is 1.94. The number of imide groups is 1. The molecule has 0 saturated carbocycles. The lowest BCUT2D eigenvalue weighted by Gasteiger charge is -2.24. The second kappa shape index (κ2) is 6.12. The molecule has 3 amide bonds. The van der Waals surface area contributed by atoms with E-state index in [1.807, 2.05) is 30.1 Å². The number of ketones is 1. The summed E-state index contributed by atoms with van der Waals surface area (Å²) < 4.78 is 0. The number of thioether (sulfide) groups is 1. The van der Waals surface area contributed by atoms with Crippen molar-refractivity contribution in [2.75, 3.05) is 30.0 Å². The van der Waals surface area contributed by atoms with Gasteiger partial charge in [-0.3, -0.25) is 14.5 Å². The van der Waals surface area contributed by atoms with Crippen molar-refractivity contribution in [2.45, 2.75) is 31.2 Å². The van der Waals surface area contributed by atoms with Gasteiger partial charge in [-0.15, -0.1) is 0 Å². The lowest BCUT2D eigenvalue weighted by molar-refractivity contribution is -0.132. The van der Waals surface area contributed by atoms with E-state index in [0.29, 0.717) is 12.2 Å². The molecule has 3 aliphatic rings. The maximum absolute atomic E-state index is 12.8. The van der Waals surface area contributed by atoms with Crippen LogP contribution in [-0.4, -0.2) is 53.3 Å². The highest BCUT2D eigenvalue weighted by atomic mass is 32.2. The first kappa shape index (κ1) is 18.1. The Morgan fingerprint density at radius 3 is 2.70 bits per heavy atom. The van der Waals surface area contributed by atoms with Crippen molar-refractivity contribution in [3.05, 3.63) is 41.6 Å². The first-order chi connectivity index (χ1) is 12.8. The molecular weight excluding hydrogens is 362 g/mol. The highest BCUT2D eigenvalue weighted by Crippen LogP contribution is 2.46. The van der Waals surface area contributed by atoms with Crippen molar-refractivity contribution in [1.82, 2.24) is 10.2 Å². The second-order valence-corrected chi connectivity index (χ2v) is 9.01. The number of carbonyl (C=O) groups is 3. The molecule has 2 fully saturated rings. The van der Waals surface area contributed by atoms with Crippen LogP contribution in [0.25, 0.3) is 0 Å². The van der Waals surface area contributed by atoms with Gasteiger partial charge in [-0.25, -0.2) is 4.79 Å². The lowest BCUT2D eigenvalue weighted by Crippen LogP contribution is -2.47. The number of rotatable bonds is 3. The van der Waals surface area contributed by atoms with Gasteiger partial charge in [-0.05, 0) is 23.8 Å². The van der Waals surface area contributed by atoms with Crippen molar-refractivity contribution in [3.63, 3.8) is 0 Å². The van der Waals surface area contributed by atoms with E-state index in [1.54, 1.807) is 17.8 Å². The first-order valence-corrected chi connectivity index (χ1v) is 10.2. The fraction of sp³-hybridized carbons (Fsp3) is 0.450. The summed E-state index contributed by atoms with van der Waals surface area (Å²) in [5, 5.41) is 2.80. The molecule has 1 aromatic rings. The molecule has 27 heavy (non-hydrogen) atoms. The summed E-state index contributed by atoms with van der Waals surface area (Å²) in [4.78, 5) is 40.8. The summed E-state index contributed by atoms with van der Waals surface area (Å²) >= 11 is 1.65. The number of fused-ring (bicyclic) bond motifs is 1. The smallest absolute Gasteiger partial charge is 0.325 e. The molecule has 0 aliphatic carbocycles. The number of urea groups is 1. The number of amides is 3. The Morgan fingerprint density at radius 2 is 2.04 bits per heavy atom. The maximum atomic E-state index is 12.8. The van der Waals surface area contributed by atoms with Gasteiger partial charge in [0.1, 0.15) is 5.54 Å². The SMILES string of the molecule is CN1/C(=C\C(=O)CN2C(=O)NC3(CCSC3)C2=O)C(C)(C)c2ccccc21. The van der Waals surface area contributed by atoms with E-state index in [9.17, 15) is 14.4 Å². The van der Waals surface area contributed by atoms with E-state index in [1.165, 1.54) is 0 Å². The Labute approximate surface area is 163 Å². The molecule has 0 radical (unpaired) electrons. The fourth-order valence-corrected chi connectivity index (χ4v) is 5.59. The lowest BCUT2D eigenvalue weighted by atomic mass is 9.83. The van der Waals surface area contributed by atoms with Gasteiger partial charge in [0, 0.05) is 35.7 Å². The molecule has 0 aromatic heterocycles. The fourth-order valence-electron chi connectivity index (χ4n) is 4.26. The normalized spacial score (nSPS) is 27.6. The van der Waals surface area contributed by atoms with Crippen LogP contribution in [0.5, 0.6) is 0 Å². The number of nitrogens with zero attached hydrogens (tertiary/aromatic N) is 2. The van der Waals surface area contributed by atoms with E-state index in [4.69, 9.17) is 0 Å². The summed E-state index contributed by atoms with van der Waals surface area (Å²) in [6.07, 6.45) is 2.20. The number of nitrogens with one attached hydrogen (secondary N) is 1. The predicted octanol–water partition coefficient (Wildman–Crippen LogP) is 2.29. The Kier molecular flexibility index (Phi) is 4.10. The van der Waals surface area contributed by atoms with Crippen LogP contribution in [0.4, 0.5) is 10.5 Å². The monoisotopic (exact) mass is 385 g/mol. The Morgan fingerprint density at radius 1 is 1.30 bits per heavy atom. The van der Waals surface area contributed by atoms with E-state index in [2.05, 4.69) is 25.2 Å². The molecule has 1 atom stereocenters. The van der Waals surface area contributed by atoms with Gasteiger partial charge in [-0.2, -0.15) is 11.8 Å². The van der Waals surface area contributed by atoms with E-state index >= 15 is 0 Å². The minimum atomic E-state index is -0.811. The minimum Gasteiger partial charge on any atom is -0.347 e. The van der Waals surface area contributed by atoms with Crippen LogP contribution in [-0.2, 0) is 15.0 Å². The summed E-state index contributed by atoms with van der Waals surface area (Å²) in [6, 6.07) is 7.60. The maximum Gasteiger partial charge on any atom is 0.325 e. The highest BCUT2D eigenvalue weighted by Gasteiger charge is 2.53. The van der Waals surface area contributed by atoms with Crippen molar-refractivity contribution in [3.8, 4) is 0 Å². The van der Waals surface area contributed by atoms with E-state index < -0.39 is 11.6 Å². The standard InChI is InChI=1S/C20H23N3O3S/c1-19(2)14-6-4-5-7-15(14)22(3)16(19)10-13(24)11-23-17(25)20(21-18(23)26)8-9-27-12-20/h4-7,10H,8-9,11-12H2,1-3H3,(H,21,26)/b16-10-. The molecule has 4 rings (SSSR count). The molecule has 3 aliphatic heterocycles. The van der Waals surface area contributed by atoms with Crippen LogP contribution in [0.3, 0.4) is 0 Å². The molecule has 7 heteroatoms. The molecule has 0 bridgehead atoms. The van der Waals surface area contributed by atoms with Crippen molar-refractivity contribution in [1.29, 1.82) is 0 Å². The number of carbonyl (C=O) groups excluding carboxylic acids is 3. The average molecular weight is 385 g/mol. The molecular formula is C20H23N3O3S. The van der Waals surface area contributed by atoms with Gasteiger partial charge in [0.2, 0.25) is 0 Å². The first-order valence-electron chi connectivity index (χ1n) is 9.06. The van der Waals surface area contributed by atoms with Crippen LogP contribution < -0.4 is 10.2 Å². The number of para-hydroxylation sites is 1.